The van der Waals surface area contributed by atoms with Crippen molar-refractivity contribution in [2.45, 2.75) is 13.5 Å². The lowest BCUT2D eigenvalue weighted by Crippen LogP contribution is -1.98. The Morgan fingerprint density at radius 1 is 1.53 bits per heavy atom. The van der Waals surface area contributed by atoms with E-state index in [2.05, 4.69) is 4.98 Å². The Morgan fingerprint density at radius 3 is 3.00 bits per heavy atom. The first-order valence-electron chi connectivity index (χ1n) is 4.93. The summed E-state index contributed by atoms with van der Waals surface area (Å²) in [6, 6.07) is 6.11. The number of aryl methyl sites for hydroxylation is 1. The van der Waals surface area contributed by atoms with Gasteiger partial charge in [0.1, 0.15) is 34.8 Å². The molecule has 0 N–H and O–H groups in total. The highest BCUT2D eigenvalue weighted by Crippen LogP contribution is 2.22. The van der Waals surface area contributed by atoms with E-state index in [4.69, 9.17) is 10.00 Å². The van der Waals surface area contributed by atoms with Gasteiger partial charge >= 0.3 is 0 Å². The second-order valence-electron chi connectivity index (χ2n) is 3.40. The molecular formula is C12H9FN2OS. The first kappa shape index (κ1) is 11.6. The summed E-state index contributed by atoms with van der Waals surface area (Å²) >= 11 is 1.47. The van der Waals surface area contributed by atoms with E-state index in [-0.39, 0.29) is 17.9 Å². The number of benzene rings is 1. The quantitative estimate of drug-likeness (QED) is 0.838. The Bertz CT molecular complexity index is 574. The molecule has 2 aromatic rings. The fraction of sp³-hybridized carbons (Fsp3) is 0.167. The van der Waals surface area contributed by atoms with Crippen molar-refractivity contribution in [2.24, 2.45) is 0 Å². The molecule has 0 aliphatic carbocycles. The smallest absolute Gasteiger partial charge is 0.144 e. The summed E-state index contributed by atoms with van der Waals surface area (Å²) < 4.78 is 18.7. The summed E-state index contributed by atoms with van der Waals surface area (Å²) in [5, 5.41) is 11.5. The third-order valence-electron chi connectivity index (χ3n) is 2.10. The van der Waals surface area contributed by atoms with Crippen LogP contribution < -0.4 is 4.74 Å². The summed E-state index contributed by atoms with van der Waals surface area (Å²) in [7, 11) is 0. The van der Waals surface area contributed by atoms with E-state index >= 15 is 0 Å². The van der Waals surface area contributed by atoms with E-state index in [1.165, 1.54) is 23.5 Å². The zero-order chi connectivity index (χ0) is 12.3. The molecule has 1 aromatic carbocycles. The minimum absolute atomic E-state index is 0.0687. The molecule has 0 unspecified atom stereocenters. The minimum atomic E-state index is -0.569. The maximum atomic E-state index is 13.3. The number of hydrogen-bond acceptors (Lipinski definition) is 4. The van der Waals surface area contributed by atoms with Crippen molar-refractivity contribution in [3.63, 3.8) is 0 Å². The van der Waals surface area contributed by atoms with Gasteiger partial charge in [-0.3, -0.25) is 0 Å². The average Bonchev–Trinajstić information content (AvgIpc) is 2.72. The molecule has 2 rings (SSSR count). The van der Waals surface area contributed by atoms with Crippen LogP contribution in [0.15, 0.2) is 23.6 Å². The molecule has 0 atom stereocenters. The van der Waals surface area contributed by atoms with Gasteiger partial charge < -0.3 is 4.74 Å². The lowest BCUT2D eigenvalue weighted by Gasteiger charge is -2.06. The van der Waals surface area contributed by atoms with Gasteiger partial charge in [0.2, 0.25) is 0 Å². The Balaban J connectivity index is 2.14. The van der Waals surface area contributed by atoms with Gasteiger partial charge in [-0.15, -0.1) is 11.3 Å². The van der Waals surface area contributed by atoms with Crippen molar-refractivity contribution in [3.8, 4) is 11.8 Å². The second-order valence-corrected chi connectivity index (χ2v) is 4.34. The molecule has 0 radical (unpaired) electrons. The zero-order valence-electron chi connectivity index (χ0n) is 9.11. The van der Waals surface area contributed by atoms with Gasteiger partial charge in [0.15, 0.2) is 0 Å². The number of nitriles is 1. The monoisotopic (exact) mass is 248 g/mol. The second kappa shape index (κ2) is 4.93. The van der Waals surface area contributed by atoms with Crippen molar-refractivity contribution < 1.29 is 9.13 Å². The van der Waals surface area contributed by atoms with Crippen LogP contribution in [0.2, 0.25) is 0 Å². The van der Waals surface area contributed by atoms with Gasteiger partial charge in [-0.05, 0) is 19.1 Å². The molecule has 0 aliphatic rings. The molecule has 0 amide bonds. The lowest BCUT2D eigenvalue weighted by atomic mass is 10.2. The summed E-state index contributed by atoms with van der Waals surface area (Å²) in [6.07, 6.45) is 0. The van der Waals surface area contributed by atoms with Crippen molar-refractivity contribution in [1.29, 1.82) is 5.26 Å². The van der Waals surface area contributed by atoms with E-state index in [1.807, 2.05) is 12.3 Å². The molecule has 5 heteroatoms. The summed E-state index contributed by atoms with van der Waals surface area (Å²) in [5.41, 5.74) is 0.856. The Hall–Kier alpha value is -1.93. The fourth-order valence-corrected chi connectivity index (χ4v) is 2.02. The van der Waals surface area contributed by atoms with Crippen molar-refractivity contribution in [2.75, 3.05) is 0 Å². The van der Waals surface area contributed by atoms with Crippen LogP contribution in [0.25, 0.3) is 0 Å². The molecule has 17 heavy (non-hydrogen) atoms. The van der Waals surface area contributed by atoms with Crippen molar-refractivity contribution in [1.82, 2.24) is 4.98 Å². The molecule has 3 nitrogen and oxygen atoms in total. The van der Waals surface area contributed by atoms with E-state index < -0.39 is 5.82 Å². The molecule has 0 fully saturated rings. The highest BCUT2D eigenvalue weighted by molar-refractivity contribution is 7.09. The normalized spacial score (nSPS) is 9.94. The predicted molar refractivity (Wildman–Crippen MR) is 62.3 cm³/mol. The third kappa shape index (κ3) is 2.60. The summed E-state index contributed by atoms with van der Waals surface area (Å²) in [6.45, 7) is 2.14. The molecule has 0 saturated carbocycles. The first-order chi connectivity index (χ1) is 8.20. The molecule has 0 bridgehead atoms. The standard InChI is InChI=1S/C12H9FN2OS/c1-8-7-17-12(15-8)6-16-11-4-2-3-10(13)9(11)5-14/h2-4,7H,6H2,1H3. The van der Waals surface area contributed by atoms with Crippen LogP contribution in [0.5, 0.6) is 5.75 Å². The van der Waals surface area contributed by atoms with Crippen molar-refractivity contribution >= 4 is 11.3 Å². The molecule has 1 aromatic heterocycles. The van der Waals surface area contributed by atoms with Crippen LogP contribution >= 0.6 is 11.3 Å². The van der Waals surface area contributed by atoms with Gasteiger partial charge in [-0.2, -0.15) is 5.26 Å². The van der Waals surface area contributed by atoms with Gasteiger partial charge in [-0.1, -0.05) is 6.07 Å². The Labute approximate surface area is 102 Å². The molecule has 0 saturated heterocycles. The van der Waals surface area contributed by atoms with Gasteiger partial charge in [-0.25, -0.2) is 9.37 Å². The zero-order valence-corrected chi connectivity index (χ0v) is 9.92. The first-order valence-corrected chi connectivity index (χ1v) is 5.81. The SMILES string of the molecule is Cc1csc(COc2cccc(F)c2C#N)n1. The number of aromatic nitrogens is 1. The number of hydrogen-bond donors (Lipinski definition) is 0. The predicted octanol–water partition coefficient (Wildman–Crippen LogP) is 3.04. The van der Waals surface area contributed by atoms with Crippen LogP contribution in [-0.2, 0) is 6.61 Å². The van der Waals surface area contributed by atoms with E-state index in [0.29, 0.717) is 0 Å². The van der Waals surface area contributed by atoms with Crippen LogP contribution in [0, 0.1) is 24.1 Å². The number of nitrogens with zero attached hydrogens (tertiary/aromatic N) is 2. The summed E-state index contributed by atoms with van der Waals surface area (Å²) in [5.74, 6) is -0.319. The average molecular weight is 248 g/mol. The Kier molecular flexibility index (Phi) is 3.35. The fourth-order valence-electron chi connectivity index (χ4n) is 1.34. The van der Waals surface area contributed by atoms with Gasteiger partial charge in [0, 0.05) is 11.1 Å². The summed E-state index contributed by atoms with van der Waals surface area (Å²) in [4.78, 5) is 4.22. The van der Waals surface area contributed by atoms with Crippen LogP contribution in [-0.4, -0.2) is 4.98 Å². The van der Waals surface area contributed by atoms with Gasteiger partial charge in [0.25, 0.3) is 0 Å². The largest absolute Gasteiger partial charge is 0.485 e. The molecule has 86 valence electrons. The molecule has 0 aliphatic heterocycles. The molecular weight excluding hydrogens is 239 g/mol. The van der Waals surface area contributed by atoms with Crippen LogP contribution in [0.4, 0.5) is 4.39 Å². The topological polar surface area (TPSA) is 45.9 Å². The Morgan fingerprint density at radius 2 is 2.35 bits per heavy atom. The lowest BCUT2D eigenvalue weighted by molar-refractivity contribution is 0.302. The van der Waals surface area contributed by atoms with E-state index in [9.17, 15) is 4.39 Å². The maximum Gasteiger partial charge on any atom is 0.144 e. The number of halogens is 1. The molecule has 0 spiro atoms. The minimum Gasteiger partial charge on any atom is -0.485 e. The van der Waals surface area contributed by atoms with Crippen LogP contribution in [0.3, 0.4) is 0 Å². The molecule has 1 heterocycles. The van der Waals surface area contributed by atoms with Gasteiger partial charge in [0.05, 0.1) is 0 Å². The van der Waals surface area contributed by atoms with E-state index in [1.54, 1.807) is 12.1 Å². The third-order valence-corrected chi connectivity index (χ3v) is 3.05. The maximum absolute atomic E-state index is 13.3. The van der Waals surface area contributed by atoms with Crippen molar-refractivity contribution in [3.05, 3.63) is 45.7 Å². The van der Waals surface area contributed by atoms with Crippen LogP contribution in [0.1, 0.15) is 16.3 Å². The highest BCUT2D eigenvalue weighted by Gasteiger charge is 2.09. The number of ether oxygens (including phenoxy) is 1. The number of thiazole rings is 1. The number of rotatable bonds is 3. The highest BCUT2D eigenvalue weighted by atomic mass is 32.1. The van der Waals surface area contributed by atoms with E-state index in [0.717, 1.165) is 10.7 Å².